The minimum absolute atomic E-state index is 0.0825. The highest BCUT2D eigenvalue weighted by Gasteiger charge is 2.39. The maximum atomic E-state index is 13.0. The molecule has 6 heteroatoms. The van der Waals surface area contributed by atoms with E-state index in [1.807, 2.05) is 18.2 Å². The number of hydrogen-bond acceptors (Lipinski definition) is 5. The second-order valence-corrected chi connectivity index (χ2v) is 9.78. The molecule has 2 aromatic carbocycles. The Morgan fingerprint density at radius 2 is 1.74 bits per heavy atom. The van der Waals surface area contributed by atoms with Crippen molar-refractivity contribution in [1.29, 1.82) is 0 Å². The van der Waals surface area contributed by atoms with Crippen molar-refractivity contribution in [1.82, 2.24) is 9.80 Å². The standard InChI is InChI=1S/C28H32N2O4/c1-19-5-10-25(26(32)15-19)30-17-24-23(28(30)33)3-2-4-27(24)34-18-21-8-6-20(7-9-21)16-29-13-11-22(31)12-14-29/h2-4,6-9,22,25,31H,1,5,10-18H2. The Kier molecular flexibility index (Phi) is 6.53. The van der Waals surface area contributed by atoms with E-state index >= 15 is 0 Å². The Balaban J connectivity index is 1.21. The molecule has 1 N–H and O–H groups in total. The maximum absolute atomic E-state index is 13.0. The van der Waals surface area contributed by atoms with Crippen molar-refractivity contribution in [2.75, 3.05) is 13.1 Å². The number of aliphatic hydroxyl groups is 1. The summed E-state index contributed by atoms with van der Waals surface area (Å²) >= 11 is 0. The zero-order chi connectivity index (χ0) is 23.7. The van der Waals surface area contributed by atoms with E-state index in [4.69, 9.17) is 4.74 Å². The third kappa shape index (κ3) is 4.79. The van der Waals surface area contributed by atoms with Crippen LogP contribution in [0, 0.1) is 0 Å². The molecular formula is C28H32N2O4. The lowest BCUT2D eigenvalue weighted by Crippen LogP contribution is -2.43. The molecule has 6 nitrogen and oxygen atoms in total. The van der Waals surface area contributed by atoms with E-state index < -0.39 is 0 Å². The van der Waals surface area contributed by atoms with Gasteiger partial charge in [0, 0.05) is 37.2 Å². The maximum Gasteiger partial charge on any atom is 0.255 e. The van der Waals surface area contributed by atoms with Crippen LogP contribution in [0.1, 0.15) is 59.2 Å². The molecule has 178 valence electrons. The van der Waals surface area contributed by atoms with Crippen molar-refractivity contribution in [3.05, 3.63) is 76.9 Å². The molecule has 1 aliphatic carbocycles. The molecule has 34 heavy (non-hydrogen) atoms. The number of benzene rings is 2. The molecule has 2 aliphatic heterocycles. The van der Waals surface area contributed by atoms with Crippen molar-refractivity contribution in [3.8, 4) is 5.75 Å². The Morgan fingerprint density at radius 1 is 1.00 bits per heavy atom. The van der Waals surface area contributed by atoms with Gasteiger partial charge in [-0.25, -0.2) is 0 Å². The predicted octanol–water partition coefficient (Wildman–Crippen LogP) is 3.86. The number of carbonyl (C=O) groups excluding carboxylic acids is 2. The number of aliphatic hydroxyl groups excluding tert-OH is 1. The first kappa shape index (κ1) is 22.8. The summed E-state index contributed by atoms with van der Waals surface area (Å²) in [5.74, 6) is 0.707. The Bertz CT molecular complexity index is 1090. The Hall–Kier alpha value is -2.96. The van der Waals surface area contributed by atoms with Gasteiger partial charge in [-0.1, -0.05) is 42.5 Å². The minimum Gasteiger partial charge on any atom is -0.489 e. The van der Waals surface area contributed by atoms with Gasteiger partial charge in [0.1, 0.15) is 12.4 Å². The number of allylic oxidation sites excluding steroid dienone is 1. The average molecular weight is 461 g/mol. The molecule has 2 heterocycles. The highest BCUT2D eigenvalue weighted by molar-refractivity contribution is 6.02. The average Bonchev–Trinajstić information content (AvgIpc) is 3.17. The highest BCUT2D eigenvalue weighted by Crippen LogP contribution is 2.35. The molecule has 0 bridgehead atoms. The van der Waals surface area contributed by atoms with Crippen LogP contribution in [0.25, 0.3) is 0 Å². The molecule has 1 saturated heterocycles. The van der Waals surface area contributed by atoms with Gasteiger partial charge in [0.2, 0.25) is 0 Å². The van der Waals surface area contributed by atoms with Crippen molar-refractivity contribution in [2.24, 2.45) is 0 Å². The molecular weight excluding hydrogens is 428 g/mol. The van der Waals surface area contributed by atoms with E-state index in [2.05, 4.69) is 35.7 Å². The fraction of sp³-hybridized carbons (Fsp3) is 0.429. The van der Waals surface area contributed by atoms with Crippen LogP contribution in [-0.2, 0) is 24.5 Å². The normalized spacial score (nSPS) is 21.7. The first-order valence-corrected chi connectivity index (χ1v) is 12.2. The van der Waals surface area contributed by atoms with Crippen LogP contribution in [0.5, 0.6) is 5.75 Å². The summed E-state index contributed by atoms with van der Waals surface area (Å²) in [5, 5.41) is 9.68. The summed E-state index contributed by atoms with van der Waals surface area (Å²) in [6.07, 6.45) is 3.34. The highest BCUT2D eigenvalue weighted by atomic mass is 16.5. The molecule has 0 aromatic heterocycles. The molecule has 3 aliphatic rings. The monoisotopic (exact) mass is 460 g/mol. The smallest absolute Gasteiger partial charge is 0.255 e. The van der Waals surface area contributed by atoms with Gasteiger partial charge in [-0.3, -0.25) is 14.5 Å². The molecule has 0 radical (unpaired) electrons. The number of likely N-dealkylation sites (tertiary alicyclic amines) is 1. The van der Waals surface area contributed by atoms with Crippen LogP contribution in [0.4, 0.5) is 0 Å². The van der Waals surface area contributed by atoms with Gasteiger partial charge in [0.15, 0.2) is 5.78 Å². The summed E-state index contributed by atoms with van der Waals surface area (Å²) in [6, 6.07) is 13.6. The van der Waals surface area contributed by atoms with E-state index in [0.717, 1.165) is 55.6 Å². The van der Waals surface area contributed by atoms with Gasteiger partial charge in [0.25, 0.3) is 5.91 Å². The zero-order valence-electron chi connectivity index (χ0n) is 19.5. The van der Waals surface area contributed by atoms with E-state index in [0.29, 0.717) is 37.3 Å². The summed E-state index contributed by atoms with van der Waals surface area (Å²) in [4.78, 5) is 29.7. The fourth-order valence-electron chi connectivity index (χ4n) is 5.23. The predicted molar refractivity (Wildman–Crippen MR) is 129 cm³/mol. The number of fused-ring (bicyclic) bond motifs is 1. The molecule has 1 unspecified atom stereocenters. The molecule has 1 amide bonds. The van der Waals surface area contributed by atoms with Crippen molar-refractivity contribution >= 4 is 11.7 Å². The number of ether oxygens (including phenoxy) is 1. The van der Waals surface area contributed by atoms with Gasteiger partial charge in [0.05, 0.1) is 18.7 Å². The van der Waals surface area contributed by atoms with E-state index in [-0.39, 0.29) is 23.8 Å². The first-order chi connectivity index (χ1) is 16.5. The number of carbonyl (C=O) groups is 2. The van der Waals surface area contributed by atoms with Crippen LogP contribution in [0.2, 0.25) is 0 Å². The summed E-state index contributed by atoms with van der Waals surface area (Å²) in [7, 11) is 0. The number of nitrogens with zero attached hydrogens (tertiary/aromatic N) is 2. The number of hydrogen-bond donors (Lipinski definition) is 1. The lowest BCUT2D eigenvalue weighted by atomic mass is 9.90. The first-order valence-electron chi connectivity index (χ1n) is 12.2. The SMILES string of the molecule is C=C1CCC(N2Cc3c(OCc4ccc(CN5CCC(O)CC5)cc4)cccc3C2=O)C(=O)C1. The summed E-state index contributed by atoms with van der Waals surface area (Å²) in [6.45, 7) is 7.53. The van der Waals surface area contributed by atoms with Gasteiger partial charge >= 0.3 is 0 Å². The third-order valence-electron chi connectivity index (χ3n) is 7.28. The molecule has 2 aromatic rings. The van der Waals surface area contributed by atoms with Crippen molar-refractivity contribution in [3.63, 3.8) is 0 Å². The largest absolute Gasteiger partial charge is 0.489 e. The van der Waals surface area contributed by atoms with E-state index in [1.165, 1.54) is 5.56 Å². The quantitative estimate of drug-likeness (QED) is 0.663. The van der Waals surface area contributed by atoms with Gasteiger partial charge < -0.3 is 14.7 Å². The molecule has 5 rings (SSSR count). The van der Waals surface area contributed by atoms with Gasteiger partial charge in [-0.05, 0) is 48.9 Å². The number of rotatable bonds is 6. The third-order valence-corrected chi connectivity index (χ3v) is 7.28. The Morgan fingerprint density at radius 3 is 2.47 bits per heavy atom. The molecule has 1 atom stereocenters. The fourth-order valence-corrected chi connectivity index (χ4v) is 5.23. The lowest BCUT2D eigenvalue weighted by molar-refractivity contribution is -0.124. The zero-order valence-corrected chi connectivity index (χ0v) is 19.5. The van der Waals surface area contributed by atoms with Crippen molar-refractivity contribution < 1.29 is 19.4 Å². The second kappa shape index (κ2) is 9.72. The lowest BCUT2D eigenvalue weighted by Gasteiger charge is -2.30. The summed E-state index contributed by atoms with van der Waals surface area (Å²) < 4.78 is 6.15. The minimum atomic E-state index is -0.367. The summed E-state index contributed by atoms with van der Waals surface area (Å²) in [5.41, 5.74) is 4.78. The van der Waals surface area contributed by atoms with Crippen LogP contribution in [0.15, 0.2) is 54.6 Å². The van der Waals surface area contributed by atoms with Gasteiger partial charge in [-0.2, -0.15) is 0 Å². The van der Waals surface area contributed by atoms with Crippen LogP contribution in [-0.4, -0.2) is 51.8 Å². The van der Waals surface area contributed by atoms with E-state index in [9.17, 15) is 14.7 Å². The van der Waals surface area contributed by atoms with Crippen LogP contribution < -0.4 is 4.74 Å². The number of amides is 1. The Labute approximate surface area is 200 Å². The van der Waals surface area contributed by atoms with Crippen LogP contribution in [0.3, 0.4) is 0 Å². The number of ketones is 1. The number of Topliss-reactive ketones (excluding diaryl/α,β-unsaturated/α-hetero) is 1. The number of piperidine rings is 1. The van der Waals surface area contributed by atoms with E-state index in [1.54, 1.807) is 4.90 Å². The molecule has 0 spiro atoms. The van der Waals surface area contributed by atoms with Crippen molar-refractivity contribution in [2.45, 2.75) is 63.9 Å². The molecule has 2 fully saturated rings. The topological polar surface area (TPSA) is 70.1 Å². The van der Waals surface area contributed by atoms with Gasteiger partial charge in [-0.15, -0.1) is 0 Å². The molecule has 1 saturated carbocycles. The second-order valence-electron chi connectivity index (χ2n) is 9.78. The van der Waals surface area contributed by atoms with Crippen LogP contribution >= 0.6 is 0 Å².